The highest BCUT2D eigenvalue weighted by Gasteiger charge is 2.36. The molecule has 0 bridgehead atoms. The molecular weight excluding hydrogens is 807 g/mol. The van der Waals surface area contributed by atoms with E-state index in [1.54, 1.807) is 0 Å². The van der Waals surface area contributed by atoms with Crippen LogP contribution in [0.3, 0.4) is 0 Å². The number of para-hydroxylation sites is 4. The first-order valence-corrected chi connectivity index (χ1v) is 22.9. The van der Waals surface area contributed by atoms with Gasteiger partial charge in [0, 0.05) is 43.3 Å². The molecule has 9 aromatic carbocycles. The number of aliphatic imine (C=N–C) groups is 1. The van der Waals surface area contributed by atoms with Gasteiger partial charge in [0.15, 0.2) is 11.2 Å². The molecular formula is C60H43N5O. The molecule has 2 unspecified atom stereocenters. The van der Waals surface area contributed by atoms with Crippen molar-refractivity contribution >= 4 is 71.4 Å². The minimum absolute atomic E-state index is 0.156. The Balaban J connectivity index is 1.07. The molecule has 2 atom stereocenters. The summed E-state index contributed by atoms with van der Waals surface area (Å²) in [5.41, 5.74) is 16.5. The van der Waals surface area contributed by atoms with Crippen LogP contribution in [0.5, 0.6) is 0 Å². The van der Waals surface area contributed by atoms with Gasteiger partial charge in [-0.1, -0.05) is 166 Å². The van der Waals surface area contributed by atoms with Gasteiger partial charge in [-0.25, -0.2) is 4.99 Å². The molecule has 0 saturated heterocycles. The van der Waals surface area contributed by atoms with E-state index < -0.39 is 0 Å². The van der Waals surface area contributed by atoms with E-state index in [-0.39, 0.29) is 17.7 Å². The minimum Gasteiger partial charge on any atom is -0.452 e. The van der Waals surface area contributed by atoms with Gasteiger partial charge in [0.1, 0.15) is 18.2 Å². The quantitative estimate of drug-likeness (QED) is 0.181. The highest BCUT2D eigenvalue weighted by atomic mass is 16.3. The van der Waals surface area contributed by atoms with Gasteiger partial charge in [-0.3, -0.25) is 5.32 Å². The Morgan fingerprint density at radius 2 is 1.03 bits per heavy atom. The van der Waals surface area contributed by atoms with Crippen LogP contribution in [0, 0.1) is 0 Å². The van der Waals surface area contributed by atoms with E-state index in [0.29, 0.717) is 0 Å². The van der Waals surface area contributed by atoms with Crippen molar-refractivity contribution in [2.24, 2.45) is 4.99 Å². The molecule has 0 spiro atoms. The average molecular weight is 850 g/mol. The molecule has 2 aliphatic rings. The zero-order chi connectivity index (χ0) is 43.7. The second kappa shape index (κ2) is 13.9. The van der Waals surface area contributed by atoms with E-state index in [1.165, 1.54) is 43.8 Å². The molecule has 14 rings (SSSR count). The van der Waals surface area contributed by atoms with E-state index in [2.05, 4.69) is 234 Å². The first-order chi connectivity index (χ1) is 32.5. The summed E-state index contributed by atoms with van der Waals surface area (Å²) < 4.78 is 12.4. The number of benzene rings is 9. The number of rotatable bonds is 5. The molecule has 6 nitrogen and oxygen atoms in total. The highest BCUT2D eigenvalue weighted by molar-refractivity contribution is 6.22. The zero-order valence-electron chi connectivity index (χ0n) is 36.5. The third-order valence-electron chi connectivity index (χ3n) is 14.4. The maximum Gasteiger partial charge on any atom is 0.160 e. The lowest BCUT2D eigenvalue weighted by atomic mass is 9.82. The Kier molecular flexibility index (Phi) is 7.84. The monoisotopic (exact) mass is 849 g/mol. The lowest BCUT2D eigenvalue weighted by Crippen LogP contribution is -2.45. The van der Waals surface area contributed by atoms with Crippen molar-refractivity contribution in [1.29, 1.82) is 0 Å². The summed E-state index contributed by atoms with van der Waals surface area (Å²) in [6, 6.07) is 72.1. The lowest BCUT2D eigenvalue weighted by Gasteiger charge is -2.32. The summed E-state index contributed by atoms with van der Waals surface area (Å²) in [7, 11) is 0. The second-order valence-electron chi connectivity index (χ2n) is 18.3. The third-order valence-corrected chi connectivity index (χ3v) is 14.4. The van der Waals surface area contributed by atoms with Gasteiger partial charge in [0.05, 0.1) is 33.4 Å². The lowest BCUT2D eigenvalue weighted by molar-refractivity contribution is 0.409. The number of furan rings is 1. The fraction of sp³-hybridized carbons (Fsp3) is 0.0833. The van der Waals surface area contributed by atoms with Crippen LogP contribution in [-0.2, 0) is 5.41 Å². The fourth-order valence-electron chi connectivity index (χ4n) is 11.3. The first kappa shape index (κ1) is 37.2. The number of nitrogens with zero attached hydrogens (tertiary/aromatic N) is 3. The molecule has 314 valence electrons. The fourth-order valence-corrected chi connectivity index (χ4v) is 11.3. The second-order valence-corrected chi connectivity index (χ2v) is 18.3. The number of hydrogen-bond acceptors (Lipinski definition) is 4. The van der Waals surface area contributed by atoms with Crippen molar-refractivity contribution in [3.8, 4) is 22.5 Å². The van der Waals surface area contributed by atoms with Crippen molar-refractivity contribution in [3.05, 3.63) is 228 Å². The number of nitrogens with one attached hydrogen (secondary N) is 2. The third kappa shape index (κ3) is 5.24. The van der Waals surface area contributed by atoms with Gasteiger partial charge >= 0.3 is 0 Å². The zero-order valence-corrected chi connectivity index (χ0v) is 36.5. The van der Waals surface area contributed by atoms with Gasteiger partial charge in [-0.2, -0.15) is 0 Å². The molecule has 0 saturated carbocycles. The molecule has 1 aliphatic carbocycles. The summed E-state index contributed by atoms with van der Waals surface area (Å²) >= 11 is 0. The molecule has 0 radical (unpaired) electrons. The Bertz CT molecular complexity index is 3930. The van der Waals surface area contributed by atoms with Gasteiger partial charge in [-0.05, 0) is 81.9 Å². The number of aromatic nitrogens is 2. The highest BCUT2D eigenvalue weighted by Crippen LogP contribution is 2.51. The van der Waals surface area contributed by atoms with Crippen molar-refractivity contribution in [1.82, 2.24) is 19.8 Å². The van der Waals surface area contributed by atoms with Gasteiger partial charge in [0.2, 0.25) is 0 Å². The maximum absolute atomic E-state index is 7.56. The molecule has 4 heterocycles. The summed E-state index contributed by atoms with van der Waals surface area (Å²) in [5.74, 6) is 0.803. The van der Waals surface area contributed by atoms with Crippen LogP contribution in [0.15, 0.2) is 210 Å². The van der Waals surface area contributed by atoms with Crippen LogP contribution in [0.2, 0.25) is 0 Å². The largest absolute Gasteiger partial charge is 0.452 e. The van der Waals surface area contributed by atoms with Crippen LogP contribution in [0.25, 0.3) is 88.1 Å². The molecule has 66 heavy (non-hydrogen) atoms. The Morgan fingerprint density at radius 3 is 1.74 bits per heavy atom. The van der Waals surface area contributed by atoms with Crippen LogP contribution >= 0.6 is 0 Å². The minimum atomic E-state index is -0.289. The Hall–Kier alpha value is -8.19. The SMILES string of the molecule is CC1(C)c2ccccc2-c2cc3c4ccccc4n(-c4cccc5c4oc4c(-n6c7ccccc7c7ccccc76)ccc(C6=NC(c7ccccc7)NC(c7ccccc7)N6)c45)c3cc21. The summed E-state index contributed by atoms with van der Waals surface area (Å²) in [6.45, 7) is 4.72. The molecule has 1 aliphatic heterocycles. The van der Waals surface area contributed by atoms with E-state index in [0.717, 1.165) is 77.9 Å². The van der Waals surface area contributed by atoms with Gasteiger partial charge < -0.3 is 18.9 Å². The predicted molar refractivity (Wildman–Crippen MR) is 271 cm³/mol. The topological polar surface area (TPSA) is 59.4 Å². The van der Waals surface area contributed by atoms with E-state index in [1.807, 2.05) is 0 Å². The predicted octanol–water partition coefficient (Wildman–Crippen LogP) is 14.4. The van der Waals surface area contributed by atoms with Crippen molar-refractivity contribution in [2.45, 2.75) is 31.6 Å². The van der Waals surface area contributed by atoms with Crippen LogP contribution < -0.4 is 10.6 Å². The van der Waals surface area contributed by atoms with E-state index >= 15 is 0 Å². The van der Waals surface area contributed by atoms with E-state index in [4.69, 9.17) is 9.41 Å². The molecule has 0 amide bonds. The normalized spacial score (nSPS) is 16.6. The maximum atomic E-state index is 7.56. The van der Waals surface area contributed by atoms with Crippen molar-refractivity contribution in [3.63, 3.8) is 0 Å². The van der Waals surface area contributed by atoms with Crippen molar-refractivity contribution < 1.29 is 4.42 Å². The molecule has 12 aromatic rings. The molecule has 0 fully saturated rings. The average Bonchev–Trinajstić information content (AvgIpc) is 4.09. The number of amidine groups is 1. The van der Waals surface area contributed by atoms with Gasteiger partial charge in [-0.15, -0.1) is 0 Å². The smallest absolute Gasteiger partial charge is 0.160 e. The molecule has 3 aromatic heterocycles. The summed E-state index contributed by atoms with van der Waals surface area (Å²) in [6.07, 6.45) is -0.484. The van der Waals surface area contributed by atoms with Crippen LogP contribution in [0.4, 0.5) is 0 Å². The number of hydrogen-bond donors (Lipinski definition) is 2. The first-order valence-electron chi connectivity index (χ1n) is 22.9. The summed E-state index contributed by atoms with van der Waals surface area (Å²) in [4.78, 5) is 5.49. The Labute approximate surface area is 381 Å². The van der Waals surface area contributed by atoms with Crippen molar-refractivity contribution in [2.75, 3.05) is 0 Å². The molecule has 2 N–H and O–H groups in total. The Morgan fingerprint density at radius 1 is 0.455 bits per heavy atom. The summed E-state index contributed by atoms with van der Waals surface area (Å²) in [5, 5.41) is 14.5. The van der Waals surface area contributed by atoms with E-state index in [9.17, 15) is 0 Å². The standard InChI is InChI=1S/C60H43N5O/c1-60(2)46-27-13-9-22-38(46)44-34-45-41-25-12-16-30-50(41)65(53(45)35-47(44)60)51-31-17-26-42-54-43(59-62-57(36-18-5-3-6-19-36)61-58(63-59)37-20-7-4-8-21-37)32-33-52(56(54)66-55(42)51)64-48-28-14-10-23-39(48)40-24-11-15-29-49(40)64/h3-35,57-58,61H,1-2H3,(H,62,63). The van der Waals surface area contributed by atoms with Gasteiger partial charge in [0.25, 0.3) is 0 Å². The van der Waals surface area contributed by atoms with Crippen LogP contribution in [0.1, 0.15) is 54.0 Å². The molecule has 6 heteroatoms. The van der Waals surface area contributed by atoms with Crippen LogP contribution in [-0.4, -0.2) is 15.0 Å². The number of fused-ring (bicyclic) bond motifs is 12.